The fourth-order valence-electron chi connectivity index (χ4n) is 2.75. The number of thiophene rings is 1. The largest absolute Gasteiger partial charge is 0.332 e. The maximum atomic E-state index is 12.2. The lowest BCUT2D eigenvalue weighted by molar-refractivity contribution is 0.232. The van der Waals surface area contributed by atoms with Crippen LogP contribution >= 0.6 is 11.3 Å². The van der Waals surface area contributed by atoms with Gasteiger partial charge in [-0.3, -0.25) is 4.98 Å². The van der Waals surface area contributed by atoms with Gasteiger partial charge in [0.1, 0.15) is 0 Å². The zero-order valence-electron chi connectivity index (χ0n) is 12.0. The Morgan fingerprint density at radius 2 is 2.38 bits per heavy atom. The van der Waals surface area contributed by atoms with Crippen LogP contribution in [0, 0.1) is 0 Å². The standard InChI is InChI=1S/C16H19N3OS/c1-11(12-4-3-8-17-10-12)18-16(20)19-14-5-2-6-15-13(14)7-9-21-15/h3-4,7-11,14H,2,5-6H2,1H3,(H2,18,19,20)/t11-,14-/m1/s1. The second kappa shape index (κ2) is 6.26. The summed E-state index contributed by atoms with van der Waals surface area (Å²) in [5, 5.41) is 8.19. The van der Waals surface area contributed by atoms with E-state index in [9.17, 15) is 4.79 Å². The Labute approximate surface area is 128 Å². The van der Waals surface area contributed by atoms with Crippen LogP contribution in [0.25, 0.3) is 0 Å². The van der Waals surface area contributed by atoms with Gasteiger partial charge in [-0.15, -0.1) is 11.3 Å². The minimum atomic E-state index is -0.115. The van der Waals surface area contributed by atoms with Gasteiger partial charge in [-0.05, 0) is 54.8 Å². The molecule has 5 heteroatoms. The van der Waals surface area contributed by atoms with Crippen molar-refractivity contribution in [2.45, 2.75) is 38.3 Å². The number of hydrogen-bond acceptors (Lipinski definition) is 3. The molecular formula is C16H19N3OS. The van der Waals surface area contributed by atoms with Crippen LogP contribution < -0.4 is 10.6 Å². The Hall–Kier alpha value is -1.88. The predicted molar refractivity (Wildman–Crippen MR) is 84.3 cm³/mol. The summed E-state index contributed by atoms with van der Waals surface area (Å²) in [7, 11) is 0. The van der Waals surface area contributed by atoms with Crippen molar-refractivity contribution in [1.82, 2.24) is 15.6 Å². The molecule has 2 amide bonds. The number of pyridine rings is 1. The fraction of sp³-hybridized carbons (Fsp3) is 0.375. The van der Waals surface area contributed by atoms with Crippen molar-refractivity contribution in [1.29, 1.82) is 0 Å². The molecule has 0 saturated carbocycles. The first-order chi connectivity index (χ1) is 10.2. The van der Waals surface area contributed by atoms with Crippen LogP contribution in [0.5, 0.6) is 0 Å². The Morgan fingerprint density at radius 3 is 3.19 bits per heavy atom. The van der Waals surface area contributed by atoms with Gasteiger partial charge < -0.3 is 10.6 Å². The number of carbonyl (C=O) groups excluding carboxylic acids is 1. The highest BCUT2D eigenvalue weighted by molar-refractivity contribution is 7.10. The van der Waals surface area contributed by atoms with Crippen molar-refractivity contribution >= 4 is 17.4 Å². The lowest BCUT2D eigenvalue weighted by Crippen LogP contribution is -2.40. The van der Waals surface area contributed by atoms with Crippen LogP contribution in [0.1, 0.15) is 47.9 Å². The Balaban J connectivity index is 1.61. The molecule has 0 saturated heterocycles. The van der Waals surface area contributed by atoms with E-state index in [4.69, 9.17) is 0 Å². The molecule has 110 valence electrons. The molecule has 3 rings (SSSR count). The second-order valence-corrected chi connectivity index (χ2v) is 6.37. The molecule has 21 heavy (non-hydrogen) atoms. The predicted octanol–water partition coefficient (Wildman–Crippen LogP) is 3.58. The summed E-state index contributed by atoms with van der Waals surface area (Å²) in [5.41, 5.74) is 2.29. The van der Waals surface area contributed by atoms with Crippen LogP contribution in [0.2, 0.25) is 0 Å². The lowest BCUT2D eigenvalue weighted by Gasteiger charge is -2.25. The van der Waals surface area contributed by atoms with E-state index in [0.29, 0.717) is 0 Å². The van der Waals surface area contributed by atoms with E-state index in [2.05, 4.69) is 27.1 Å². The van der Waals surface area contributed by atoms with Gasteiger partial charge in [0.2, 0.25) is 0 Å². The molecule has 1 aliphatic carbocycles. The van der Waals surface area contributed by atoms with E-state index >= 15 is 0 Å². The van der Waals surface area contributed by atoms with Crippen molar-refractivity contribution < 1.29 is 4.79 Å². The average Bonchev–Trinajstić information content (AvgIpc) is 2.97. The van der Waals surface area contributed by atoms with E-state index in [1.165, 1.54) is 10.4 Å². The van der Waals surface area contributed by atoms with E-state index in [1.54, 1.807) is 23.7 Å². The second-order valence-electron chi connectivity index (χ2n) is 5.37. The molecule has 4 nitrogen and oxygen atoms in total. The Morgan fingerprint density at radius 1 is 1.48 bits per heavy atom. The normalized spacial score (nSPS) is 18.6. The van der Waals surface area contributed by atoms with Crippen molar-refractivity contribution in [3.05, 3.63) is 52.0 Å². The highest BCUT2D eigenvalue weighted by atomic mass is 32.1. The van der Waals surface area contributed by atoms with Crippen LogP contribution in [-0.4, -0.2) is 11.0 Å². The number of nitrogens with zero attached hydrogens (tertiary/aromatic N) is 1. The lowest BCUT2D eigenvalue weighted by atomic mass is 9.94. The van der Waals surface area contributed by atoms with Gasteiger partial charge in [0.25, 0.3) is 0 Å². The summed E-state index contributed by atoms with van der Waals surface area (Å²) in [4.78, 5) is 17.7. The molecule has 0 aliphatic heterocycles. The number of carbonyl (C=O) groups is 1. The van der Waals surface area contributed by atoms with Crippen LogP contribution in [0.4, 0.5) is 4.79 Å². The van der Waals surface area contributed by atoms with Crippen molar-refractivity contribution in [2.75, 3.05) is 0 Å². The molecular weight excluding hydrogens is 282 g/mol. The first kappa shape index (κ1) is 14.1. The van der Waals surface area contributed by atoms with Crippen molar-refractivity contribution in [3.63, 3.8) is 0 Å². The molecule has 2 N–H and O–H groups in total. The van der Waals surface area contributed by atoms with E-state index < -0.39 is 0 Å². The minimum absolute atomic E-state index is 0.0516. The highest BCUT2D eigenvalue weighted by Crippen LogP contribution is 2.33. The molecule has 2 atom stereocenters. The molecule has 0 bridgehead atoms. The first-order valence-electron chi connectivity index (χ1n) is 7.27. The third kappa shape index (κ3) is 3.24. The number of nitrogens with one attached hydrogen (secondary N) is 2. The van der Waals surface area contributed by atoms with Gasteiger partial charge in [-0.2, -0.15) is 0 Å². The minimum Gasteiger partial charge on any atom is -0.332 e. The zero-order valence-corrected chi connectivity index (χ0v) is 12.8. The molecule has 0 spiro atoms. The molecule has 0 aromatic carbocycles. The van der Waals surface area contributed by atoms with Crippen LogP contribution in [0.15, 0.2) is 36.0 Å². The molecule has 2 aromatic rings. The van der Waals surface area contributed by atoms with Gasteiger partial charge in [0.15, 0.2) is 0 Å². The number of fused-ring (bicyclic) bond motifs is 1. The van der Waals surface area contributed by atoms with Crippen molar-refractivity contribution in [2.24, 2.45) is 0 Å². The number of aromatic nitrogens is 1. The molecule has 0 fully saturated rings. The van der Waals surface area contributed by atoms with Crippen LogP contribution in [0.3, 0.4) is 0 Å². The third-order valence-electron chi connectivity index (χ3n) is 3.89. The maximum absolute atomic E-state index is 12.2. The highest BCUT2D eigenvalue weighted by Gasteiger charge is 2.23. The molecule has 1 aliphatic rings. The van der Waals surface area contributed by atoms with Crippen LogP contribution in [-0.2, 0) is 6.42 Å². The smallest absolute Gasteiger partial charge is 0.315 e. The molecule has 0 radical (unpaired) electrons. The Bertz CT molecular complexity index is 611. The third-order valence-corrected chi connectivity index (χ3v) is 4.89. The summed E-state index contributed by atoms with van der Waals surface area (Å²) in [6.45, 7) is 1.97. The van der Waals surface area contributed by atoms with Gasteiger partial charge in [0, 0.05) is 17.3 Å². The monoisotopic (exact) mass is 301 g/mol. The van der Waals surface area contributed by atoms with Gasteiger partial charge in [0.05, 0.1) is 12.1 Å². The summed E-state index contributed by atoms with van der Waals surface area (Å²) in [6.07, 6.45) is 6.80. The first-order valence-corrected chi connectivity index (χ1v) is 8.15. The molecule has 2 aromatic heterocycles. The van der Waals surface area contributed by atoms with Crippen molar-refractivity contribution in [3.8, 4) is 0 Å². The number of amides is 2. The summed E-state index contributed by atoms with van der Waals surface area (Å²) in [6, 6.07) is 5.95. The van der Waals surface area contributed by atoms with E-state index in [1.807, 2.05) is 19.1 Å². The summed E-state index contributed by atoms with van der Waals surface area (Å²) in [5.74, 6) is 0. The number of urea groups is 1. The maximum Gasteiger partial charge on any atom is 0.315 e. The van der Waals surface area contributed by atoms with Gasteiger partial charge in [-0.25, -0.2) is 4.79 Å². The Kier molecular flexibility index (Phi) is 4.20. The fourth-order valence-corrected chi connectivity index (χ4v) is 3.74. The quantitative estimate of drug-likeness (QED) is 0.910. The number of rotatable bonds is 3. The SMILES string of the molecule is C[C@@H](NC(=O)N[C@@H]1CCCc2sccc21)c1cccnc1. The van der Waals surface area contributed by atoms with E-state index in [-0.39, 0.29) is 18.1 Å². The number of hydrogen-bond donors (Lipinski definition) is 2. The van der Waals surface area contributed by atoms with Gasteiger partial charge in [-0.1, -0.05) is 6.07 Å². The van der Waals surface area contributed by atoms with E-state index in [0.717, 1.165) is 24.8 Å². The molecule has 2 heterocycles. The average molecular weight is 301 g/mol. The topological polar surface area (TPSA) is 54.0 Å². The van der Waals surface area contributed by atoms with Gasteiger partial charge >= 0.3 is 6.03 Å². The summed E-state index contributed by atoms with van der Waals surface area (Å²) < 4.78 is 0. The number of aryl methyl sites for hydroxylation is 1. The zero-order chi connectivity index (χ0) is 14.7. The molecule has 0 unspecified atom stereocenters. The summed E-state index contributed by atoms with van der Waals surface area (Å²) >= 11 is 1.79.